The van der Waals surface area contributed by atoms with Crippen molar-refractivity contribution in [1.82, 2.24) is 9.88 Å². The Morgan fingerprint density at radius 2 is 1.74 bits per heavy atom. The predicted octanol–water partition coefficient (Wildman–Crippen LogP) is 6.47. The van der Waals surface area contributed by atoms with Crippen LogP contribution in [0, 0.1) is 6.92 Å². The topological polar surface area (TPSA) is 109 Å². The van der Waals surface area contributed by atoms with Crippen LogP contribution < -0.4 is 10.6 Å². The first-order valence-corrected chi connectivity index (χ1v) is 13.0. The SMILES string of the molecule is CCC1CC(N(Cc2cc(C(F)(F)F)cc(C(F)(F)F)c2)/C(N)=N/N=NC)c2nc(C)ccc2N1C=O.COC(C)C. The first-order chi connectivity index (χ1) is 19.6. The Kier molecular flexibility index (Phi) is 11.8. The summed E-state index contributed by atoms with van der Waals surface area (Å²) in [6.07, 6.45) is -8.21. The molecule has 0 saturated heterocycles. The van der Waals surface area contributed by atoms with E-state index in [1.165, 1.54) is 16.8 Å². The third kappa shape index (κ3) is 8.87. The number of benzene rings is 1. The molecule has 1 aromatic carbocycles. The fourth-order valence-corrected chi connectivity index (χ4v) is 4.30. The largest absolute Gasteiger partial charge is 0.416 e. The summed E-state index contributed by atoms with van der Waals surface area (Å²) in [4.78, 5) is 19.2. The van der Waals surface area contributed by atoms with Crippen LogP contribution in [-0.4, -0.2) is 48.6 Å². The van der Waals surface area contributed by atoms with E-state index < -0.39 is 36.1 Å². The van der Waals surface area contributed by atoms with Crippen molar-refractivity contribution in [2.24, 2.45) is 21.2 Å². The summed E-state index contributed by atoms with van der Waals surface area (Å²) in [6, 6.07) is 3.64. The highest BCUT2D eigenvalue weighted by molar-refractivity contribution is 5.81. The fraction of sp³-hybridized carbons (Fsp3) is 0.519. The number of amides is 1. The van der Waals surface area contributed by atoms with E-state index in [1.54, 1.807) is 26.2 Å². The minimum absolute atomic E-state index is 0.0620. The Morgan fingerprint density at radius 1 is 1.17 bits per heavy atom. The van der Waals surface area contributed by atoms with E-state index in [0.29, 0.717) is 48.1 Å². The maximum Gasteiger partial charge on any atom is 0.416 e. The summed E-state index contributed by atoms with van der Waals surface area (Å²) in [6.45, 7) is 7.09. The molecule has 1 aromatic heterocycles. The molecular weight excluding hydrogens is 568 g/mol. The third-order valence-electron chi connectivity index (χ3n) is 6.49. The molecule has 3 rings (SSSR count). The summed E-state index contributed by atoms with van der Waals surface area (Å²) in [7, 11) is 3.02. The lowest BCUT2D eigenvalue weighted by molar-refractivity contribution is -0.143. The van der Waals surface area contributed by atoms with E-state index >= 15 is 0 Å². The fourth-order valence-electron chi connectivity index (χ4n) is 4.30. The van der Waals surface area contributed by atoms with Crippen LogP contribution in [-0.2, 0) is 28.4 Å². The number of rotatable bonds is 7. The molecule has 42 heavy (non-hydrogen) atoms. The van der Waals surface area contributed by atoms with Gasteiger partial charge in [0.05, 0.1) is 41.7 Å². The highest BCUT2D eigenvalue weighted by Gasteiger charge is 2.39. The summed E-state index contributed by atoms with van der Waals surface area (Å²) in [5.41, 5.74) is 4.38. The standard InChI is InChI=1S/C23H25F6N7O.C4H10O/c1-4-17-10-19(20-18(36(17)12-37)6-5-13(2)32-20)35(21(30)33-34-31-3)11-14-7-15(22(24,25)26)9-16(8-14)23(27,28)29;1-4(2)5-3/h5-9,12,17,19H,4,10-11H2,1-3H3,(H2,30,31,33);4H,1-3H3. The van der Waals surface area contributed by atoms with Gasteiger partial charge in [-0.3, -0.25) is 9.78 Å². The van der Waals surface area contributed by atoms with Crippen LogP contribution in [0.2, 0.25) is 0 Å². The summed E-state index contributed by atoms with van der Waals surface area (Å²) in [5, 5.41) is 10.7. The van der Waals surface area contributed by atoms with Gasteiger partial charge in [-0.05, 0) is 74.7 Å². The minimum atomic E-state index is -5.01. The predicted molar refractivity (Wildman–Crippen MR) is 145 cm³/mol. The molecule has 0 saturated carbocycles. The lowest BCUT2D eigenvalue weighted by Crippen LogP contribution is -2.47. The van der Waals surface area contributed by atoms with Gasteiger partial charge in [0.2, 0.25) is 12.4 Å². The molecule has 1 aliphatic rings. The highest BCUT2D eigenvalue weighted by Crippen LogP contribution is 2.41. The van der Waals surface area contributed by atoms with Crippen molar-refractivity contribution >= 4 is 18.1 Å². The molecule has 0 spiro atoms. The minimum Gasteiger partial charge on any atom is -0.382 e. The molecule has 2 N–H and O–H groups in total. The van der Waals surface area contributed by atoms with E-state index in [-0.39, 0.29) is 30.1 Å². The maximum atomic E-state index is 13.5. The number of guanidine groups is 1. The number of hydrogen-bond acceptors (Lipinski definition) is 5. The first-order valence-electron chi connectivity index (χ1n) is 13.0. The van der Waals surface area contributed by atoms with Gasteiger partial charge in [0.15, 0.2) is 0 Å². The number of nitrogens with zero attached hydrogens (tertiary/aromatic N) is 6. The zero-order valence-electron chi connectivity index (χ0n) is 24.2. The number of anilines is 1. The van der Waals surface area contributed by atoms with Crippen LogP contribution in [0.4, 0.5) is 32.0 Å². The van der Waals surface area contributed by atoms with E-state index in [1.807, 2.05) is 20.8 Å². The number of hydrogen-bond donors (Lipinski definition) is 1. The van der Waals surface area contributed by atoms with E-state index in [0.717, 1.165) is 0 Å². The number of methoxy groups -OCH3 is 1. The number of nitrogens with two attached hydrogens (primary N) is 1. The summed E-state index contributed by atoms with van der Waals surface area (Å²) in [5.74, 6) is -0.287. The van der Waals surface area contributed by atoms with Gasteiger partial charge < -0.3 is 20.3 Å². The van der Waals surface area contributed by atoms with Gasteiger partial charge in [-0.2, -0.15) is 31.5 Å². The lowest BCUT2D eigenvalue weighted by atomic mass is 9.92. The van der Waals surface area contributed by atoms with Crippen LogP contribution in [0.3, 0.4) is 0 Å². The number of carbonyl (C=O) groups is 1. The van der Waals surface area contributed by atoms with Crippen molar-refractivity contribution in [3.05, 3.63) is 58.4 Å². The van der Waals surface area contributed by atoms with Crippen molar-refractivity contribution < 1.29 is 35.9 Å². The van der Waals surface area contributed by atoms with E-state index in [2.05, 4.69) is 20.4 Å². The van der Waals surface area contributed by atoms with Crippen LogP contribution in [0.5, 0.6) is 0 Å². The van der Waals surface area contributed by atoms with Crippen molar-refractivity contribution in [1.29, 1.82) is 0 Å². The number of aromatic nitrogens is 1. The average Bonchev–Trinajstić information content (AvgIpc) is 2.92. The molecule has 2 heterocycles. The van der Waals surface area contributed by atoms with Crippen LogP contribution >= 0.6 is 0 Å². The third-order valence-corrected chi connectivity index (χ3v) is 6.49. The second-order valence-corrected chi connectivity index (χ2v) is 9.76. The first kappa shape index (κ1) is 34.5. The van der Waals surface area contributed by atoms with Crippen LogP contribution in [0.1, 0.15) is 67.7 Å². The van der Waals surface area contributed by atoms with Crippen LogP contribution in [0.25, 0.3) is 0 Å². The number of carbonyl (C=O) groups excluding carboxylic acids is 1. The molecule has 0 radical (unpaired) electrons. The highest BCUT2D eigenvalue weighted by atomic mass is 19.4. The zero-order valence-corrected chi connectivity index (χ0v) is 24.2. The smallest absolute Gasteiger partial charge is 0.382 e. The second-order valence-electron chi connectivity index (χ2n) is 9.76. The molecular formula is C27H35F6N7O2. The molecule has 15 heteroatoms. The molecule has 0 fully saturated rings. The zero-order chi connectivity index (χ0) is 31.8. The monoisotopic (exact) mass is 603 g/mol. The van der Waals surface area contributed by atoms with Gasteiger partial charge in [-0.25, -0.2) is 0 Å². The van der Waals surface area contributed by atoms with Crippen molar-refractivity contribution in [2.45, 2.75) is 77.6 Å². The van der Waals surface area contributed by atoms with Gasteiger partial charge in [-0.15, -0.1) is 0 Å². The summed E-state index contributed by atoms with van der Waals surface area (Å²) >= 11 is 0. The van der Waals surface area contributed by atoms with Crippen molar-refractivity contribution in [3.8, 4) is 0 Å². The Bertz CT molecular complexity index is 1230. The molecule has 9 nitrogen and oxygen atoms in total. The second kappa shape index (κ2) is 14.4. The molecule has 0 bridgehead atoms. The number of aryl methyl sites for hydroxylation is 1. The molecule has 0 aliphatic carbocycles. The van der Waals surface area contributed by atoms with Crippen molar-refractivity contribution in [3.63, 3.8) is 0 Å². The van der Waals surface area contributed by atoms with E-state index in [9.17, 15) is 31.1 Å². The Balaban J connectivity index is 0.00000113. The summed E-state index contributed by atoms with van der Waals surface area (Å²) < 4.78 is 85.6. The maximum absolute atomic E-state index is 13.5. The number of pyridine rings is 1. The van der Waals surface area contributed by atoms with Crippen molar-refractivity contribution in [2.75, 3.05) is 19.1 Å². The van der Waals surface area contributed by atoms with Gasteiger partial charge in [0, 0.05) is 25.4 Å². The van der Waals surface area contributed by atoms with E-state index in [4.69, 9.17) is 10.5 Å². The lowest BCUT2D eigenvalue weighted by Gasteiger charge is -2.42. The number of alkyl halides is 6. The Hall–Kier alpha value is -3.75. The molecule has 2 unspecified atom stereocenters. The quantitative estimate of drug-likeness (QED) is 0.0975. The Labute approximate surface area is 240 Å². The molecule has 2 atom stereocenters. The molecule has 232 valence electrons. The molecule has 2 aromatic rings. The molecule has 1 amide bonds. The molecule has 1 aliphatic heterocycles. The number of fused-ring (bicyclic) bond motifs is 1. The van der Waals surface area contributed by atoms with Gasteiger partial charge >= 0.3 is 12.4 Å². The van der Waals surface area contributed by atoms with Gasteiger partial charge in [0.25, 0.3) is 0 Å². The normalized spacial score (nSPS) is 17.6. The van der Waals surface area contributed by atoms with Gasteiger partial charge in [0.1, 0.15) is 0 Å². The number of halogens is 6. The van der Waals surface area contributed by atoms with Crippen LogP contribution in [0.15, 0.2) is 45.8 Å². The average molecular weight is 604 g/mol. The number of ether oxygens (including phenoxy) is 1. The van der Waals surface area contributed by atoms with Gasteiger partial charge in [-0.1, -0.05) is 12.0 Å². The Morgan fingerprint density at radius 3 is 2.19 bits per heavy atom.